The number of nitrogens with one attached hydrogen (secondary N) is 1. The smallest absolute Gasteiger partial charge is 0.244 e. The molecule has 2 amide bonds. The summed E-state index contributed by atoms with van der Waals surface area (Å²) in [6, 6.07) is 17.3. The molecule has 41 heavy (non-hydrogen) atoms. The Kier molecular flexibility index (Phi) is 11.8. The summed E-state index contributed by atoms with van der Waals surface area (Å²) in [4.78, 5) is 29.2. The van der Waals surface area contributed by atoms with Gasteiger partial charge in [-0.15, -0.1) is 0 Å². The number of sulfonamides is 1. The standard InChI is InChI=1S/C29H31Cl4N3O4S/c1-4-19(2)34-29(38)27(13-20-8-6-5-7-9-20)35(17-21-10-11-25(32)26(33)12-21)28(37)18-36(41(3,39)40)24-15-22(30)14-23(31)16-24/h5-12,14-16,19,27H,4,13,17-18H2,1-3H3,(H,34,38). The highest BCUT2D eigenvalue weighted by Gasteiger charge is 2.33. The zero-order chi connectivity index (χ0) is 30.3. The Bertz CT molecular complexity index is 1470. The average molecular weight is 659 g/mol. The number of rotatable bonds is 12. The second-order valence-electron chi connectivity index (χ2n) is 9.69. The van der Waals surface area contributed by atoms with E-state index in [1.165, 1.54) is 23.1 Å². The van der Waals surface area contributed by atoms with E-state index in [0.717, 1.165) is 16.1 Å². The summed E-state index contributed by atoms with van der Waals surface area (Å²) < 4.78 is 26.7. The Labute approximate surface area is 261 Å². The summed E-state index contributed by atoms with van der Waals surface area (Å²) >= 11 is 24.7. The zero-order valence-corrected chi connectivity index (χ0v) is 26.6. The summed E-state index contributed by atoms with van der Waals surface area (Å²) in [5.74, 6) is -0.980. The van der Waals surface area contributed by atoms with E-state index in [0.29, 0.717) is 17.0 Å². The van der Waals surface area contributed by atoms with E-state index in [-0.39, 0.29) is 45.7 Å². The number of carbonyl (C=O) groups excluding carboxylic acids is 2. The number of carbonyl (C=O) groups is 2. The van der Waals surface area contributed by atoms with Gasteiger partial charge in [-0.3, -0.25) is 13.9 Å². The zero-order valence-electron chi connectivity index (χ0n) is 22.8. The largest absolute Gasteiger partial charge is 0.352 e. The molecular weight excluding hydrogens is 628 g/mol. The van der Waals surface area contributed by atoms with Crippen LogP contribution in [0, 0.1) is 0 Å². The minimum absolute atomic E-state index is 0.0327. The molecule has 0 spiro atoms. The third-order valence-electron chi connectivity index (χ3n) is 6.42. The van der Waals surface area contributed by atoms with Gasteiger partial charge in [-0.1, -0.05) is 89.7 Å². The molecule has 220 valence electrons. The van der Waals surface area contributed by atoms with Gasteiger partial charge in [0.25, 0.3) is 0 Å². The molecule has 0 bridgehead atoms. The van der Waals surface area contributed by atoms with Crippen molar-refractivity contribution in [2.24, 2.45) is 0 Å². The number of hydrogen-bond donors (Lipinski definition) is 1. The van der Waals surface area contributed by atoms with Crippen LogP contribution >= 0.6 is 46.4 Å². The van der Waals surface area contributed by atoms with Crippen molar-refractivity contribution in [2.45, 2.75) is 45.3 Å². The highest BCUT2D eigenvalue weighted by atomic mass is 35.5. The van der Waals surface area contributed by atoms with Gasteiger partial charge in [0.2, 0.25) is 21.8 Å². The first-order valence-electron chi connectivity index (χ1n) is 12.8. The molecular formula is C29H31Cl4N3O4S. The summed E-state index contributed by atoms with van der Waals surface area (Å²) in [6.07, 6.45) is 1.86. The quantitative estimate of drug-likeness (QED) is 0.237. The second kappa shape index (κ2) is 14.6. The Morgan fingerprint density at radius 3 is 2.07 bits per heavy atom. The Morgan fingerprint density at radius 1 is 0.878 bits per heavy atom. The van der Waals surface area contributed by atoms with E-state index in [4.69, 9.17) is 46.4 Å². The highest BCUT2D eigenvalue weighted by Crippen LogP contribution is 2.28. The van der Waals surface area contributed by atoms with Crippen molar-refractivity contribution in [1.29, 1.82) is 0 Å². The van der Waals surface area contributed by atoms with Gasteiger partial charge in [-0.25, -0.2) is 8.42 Å². The van der Waals surface area contributed by atoms with Crippen molar-refractivity contribution >= 4 is 73.9 Å². The summed E-state index contributed by atoms with van der Waals surface area (Å²) in [7, 11) is -3.96. The minimum Gasteiger partial charge on any atom is -0.352 e. The van der Waals surface area contributed by atoms with Crippen molar-refractivity contribution in [3.63, 3.8) is 0 Å². The highest BCUT2D eigenvalue weighted by molar-refractivity contribution is 7.92. The third kappa shape index (κ3) is 9.51. The molecule has 12 heteroatoms. The van der Waals surface area contributed by atoms with Crippen molar-refractivity contribution in [2.75, 3.05) is 17.1 Å². The van der Waals surface area contributed by atoms with Crippen molar-refractivity contribution in [1.82, 2.24) is 10.2 Å². The van der Waals surface area contributed by atoms with E-state index in [2.05, 4.69) is 5.32 Å². The fourth-order valence-corrected chi connectivity index (χ4v) is 5.80. The number of benzene rings is 3. The van der Waals surface area contributed by atoms with E-state index >= 15 is 0 Å². The molecule has 3 aromatic carbocycles. The molecule has 0 saturated heterocycles. The predicted molar refractivity (Wildman–Crippen MR) is 167 cm³/mol. The molecule has 0 aromatic heterocycles. The first-order valence-corrected chi connectivity index (χ1v) is 16.2. The molecule has 1 N–H and O–H groups in total. The van der Waals surface area contributed by atoms with Crippen molar-refractivity contribution in [3.05, 3.63) is 97.9 Å². The predicted octanol–water partition coefficient (Wildman–Crippen LogP) is 6.62. The minimum atomic E-state index is -3.96. The molecule has 0 saturated carbocycles. The van der Waals surface area contributed by atoms with E-state index in [9.17, 15) is 18.0 Å². The molecule has 3 rings (SSSR count). The summed E-state index contributed by atoms with van der Waals surface area (Å²) in [6.45, 7) is 3.18. The second-order valence-corrected chi connectivity index (χ2v) is 13.3. The van der Waals surface area contributed by atoms with Crippen LogP contribution in [0.5, 0.6) is 0 Å². The van der Waals surface area contributed by atoms with Crippen LogP contribution in [0.4, 0.5) is 5.69 Å². The molecule has 7 nitrogen and oxygen atoms in total. The molecule has 0 fully saturated rings. The van der Waals surface area contributed by atoms with Gasteiger partial charge in [0.15, 0.2) is 0 Å². The molecule has 0 heterocycles. The first-order chi connectivity index (χ1) is 19.3. The Hall–Kier alpha value is -2.49. The van der Waals surface area contributed by atoms with Crippen molar-refractivity contribution < 1.29 is 18.0 Å². The van der Waals surface area contributed by atoms with Gasteiger partial charge >= 0.3 is 0 Å². The van der Waals surface area contributed by atoms with Crippen LogP contribution in [0.15, 0.2) is 66.7 Å². The molecule has 2 unspecified atom stereocenters. The van der Waals surface area contributed by atoms with Gasteiger partial charge in [-0.05, 0) is 54.8 Å². The summed E-state index contributed by atoms with van der Waals surface area (Å²) in [5, 5.41) is 4.01. The van der Waals surface area contributed by atoms with E-state index in [1.54, 1.807) is 18.2 Å². The number of halogens is 4. The molecule has 0 aliphatic heterocycles. The van der Waals surface area contributed by atoms with Crippen LogP contribution < -0.4 is 9.62 Å². The van der Waals surface area contributed by atoms with Gasteiger partial charge in [0.1, 0.15) is 12.6 Å². The Balaban J connectivity index is 2.10. The van der Waals surface area contributed by atoms with Gasteiger partial charge in [0, 0.05) is 29.1 Å². The van der Waals surface area contributed by atoms with Crippen molar-refractivity contribution in [3.8, 4) is 0 Å². The molecule has 2 atom stereocenters. The lowest BCUT2D eigenvalue weighted by atomic mass is 10.0. The lowest BCUT2D eigenvalue weighted by Crippen LogP contribution is -2.54. The third-order valence-corrected chi connectivity index (χ3v) is 8.74. The lowest BCUT2D eigenvalue weighted by molar-refractivity contribution is -0.140. The molecule has 3 aromatic rings. The first kappa shape index (κ1) is 33.0. The van der Waals surface area contributed by atoms with Crippen LogP contribution in [-0.4, -0.2) is 50.0 Å². The van der Waals surface area contributed by atoms with Crippen LogP contribution in [0.3, 0.4) is 0 Å². The lowest BCUT2D eigenvalue weighted by Gasteiger charge is -2.34. The SMILES string of the molecule is CCC(C)NC(=O)C(Cc1ccccc1)N(Cc1ccc(Cl)c(Cl)c1)C(=O)CN(c1cc(Cl)cc(Cl)c1)S(C)(=O)=O. The number of amides is 2. The number of hydrogen-bond acceptors (Lipinski definition) is 4. The molecule has 0 radical (unpaired) electrons. The van der Waals surface area contributed by atoms with Gasteiger partial charge < -0.3 is 10.2 Å². The molecule has 0 aliphatic carbocycles. The van der Waals surface area contributed by atoms with E-state index in [1.807, 2.05) is 44.2 Å². The molecule has 0 aliphatic rings. The number of nitrogens with zero attached hydrogens (tertiary/aromatic N) is 2. The maximum absolute atomic E-state index is 14.1. The fourth-order valence-electron chi connectivity index (χ4n) is 4.13. The van der Waals surface area contributed by atoms with Crippen LogP contribution in [-0.2, 0) is 32.6 Å². The topological polar surface area (TPSA) is 86.8 Å². The van der Waals surface area contributed by atoms with Crippen LogP contribution in [0.25, 0.3) is 0 Å². The van der Waals surface area contributed by atoms with Crippen LogP contribution in [0.1, 0.15) is 31.4 Å². The fraction of sp³-hybridized carbons (Fsp3) is 0.310. The average Bonchev–Trinajstić information content (AvgIpc) is 2.90. The van der Waals surface area contributed by atoms with E-state index < -0.39 is 28.5 Å². The Morgan fingerprint density at radius 2 is 1.51 bits per heavy atom. The number of anilines is 1. The maximum Gasteiger partial charge on any atom is 0.244 e. The van der Waals surface area contributed by atoms with Gasteiger partial charge in [-0.2, -0.15) is 0 Å². The van der Waals surface area contributed by atoms with Gasteiger partial charge in [0.05, 0.1) is 22.0 Å². The van der Waals surface area contributed by atoms with Crippen LogP contribution in [0.2, 0.25) is 20.1 Å². The maximum atomic E-state index is 14.1. The summed E-state index contributed by atoms with van der Waals surface area (Å²) in [5.41, 5.74) is 1.56. The monoisotopic (exact) mass is 657 g/mol. The normalized spacial score (nSPS) is 12.9.